The maximum Gasteiger partial charge on any atom is 0.216 e. The third-order valence-electron chi connectivity index (χ3n) is 3.76. The van der Waals surface area contributed by atoms with Crippen molar-refractivity contribution in [1.82, 2.24) is 4.98 Å². The van der Waals surface area contributed by atoms with E-state index in [1.807, 2.05) is 13.0 Å². The topological polar surface area (TPSA) is 12.9 Å². The first-order chi connectivity index (χ1) is 9.19. The van der Waals surface area contributed by atoms with Crippen LogP contribution in [0, 0.1) is 12.9 Å². The van der Waals surface area contributed by atoms with Gasteiger partial charge in [0, 0.05) is 11.8 Å². The number of pyridine rings is 1. The summed E-state index contributed by atoms with van der Waals surface area (Å²) in [4.78, 5) is 3.89. The quantitative estimate of drug-likeness (QED) is 0.408. The number of hydrogen-bond donors (Lipinski definition) is 0. The molecular formula is C17H28FN. The molecule has 0 aliphatic heterocycles. The Labute approximate surface area is 117 Å². The molecule has 0 saturated heterocycles. The molecule has 0 aliphatic carbocycles. The van der Waals surface area contributed by atoms with Crippen molar-refractivity contribution in [2.75, 3.05) is 0 Å². The van der Waals surface area contributed by atoms with Crippen LogP contribution in [0.2, 0.25) is 0 Å². The summed E-state index contributed by atoms with van der Waals surface area (Å²) in [5, 5.41) is 0. The molecule has 1 atom stereocenters. The van der Waals surface area contributed by atoms with E-state index in [0.29, 0.717) is 5.92 Å². The molecule has 0 aliphatic rings. The lowest BCUT2D eigenvalue weighted by molar-refractivity contribution is 0.474. The third kappa shape index (κ3) is 5.71. The zero-order chi connectivity index (χ0) is 14.1. The van der Waals surface area contributed by atoms with Crippen LogP contribution in [-0.2, 0) is 0 Å². The molecule has 0 aromatic carbocycles. The predicted molar refractivity (Wildman–Crippen MR) is 80.0 cm³/mol. The molecule has 0 N–H and O–H groups in total. The third-order valence-corrected chi connectivity index (χ3v) is 3.76. The van der Waals surface area contributed by atoms with E-state index in [1.165, 1.54) is 38.5 Å². The van der Waals surface area contributed by atoms with E-state index in [4.69, 9.17) is 0 Å². The van der Waals surface area contributed by atoms with Crippen LogP contribution >= 0.6 is 0 Å². The fourth-order valence-electron chi connectivity index (χ4n) is 2.58. The van der Waals surface area contributed by atoms with Gasteiger partial charge in [-0.25, -0.2) is 4.98 Å². The van der Waals surface area contributed by atoms with Gasteiger partial charge < -0.3 is 0 Å². The van der Waals surface area contributed by atoms with Gasteiger partial charge in [0.1, 0.15) is 0 Å². The van der Waals surface area contributed by atoms with Crippen LogP contribution in [0.1, 0.15) is 82.3 Å². The Bertz CT molecular complexity index is 362. The average Bonchev–Trinajstić information content (AvgIpc) is 2.41. The summed E-state index contributed by atoms with van der Waals surface area (Å²) in [6.07, 6.45) is 11.2. The highest BCUT2D eigenvalue weighted by molar-refractivity contribution is 5.22. The first-order valence-corrected chi connectivity index (χ1v) is 7.81. The minimum absolute atomic E-state index is 0.262. The van der Waals surface area contributed by atoms with Gasteiger partial charge >= 0.3 is 0 Å². The first kappa shape index (κ1) is 16.1. The maximum atomic E-state index is 13.9. The van der Waals surface area contributed by atoms with Gasteiger partial charge in [0.25, 0.3) is 0 Å². The van der Waals surface area contributed by atoms with E-state index in [2.05, 4.69) is 18.8 Å². The second-order valence-corrected chi connectivity index (χ2v) is 5.58. The van der Waals surface area contributed by atoms with Crippen LogP contribution in [0.4, 0.5) is 4.39 Å². The number of hydrogen-bond acceptors (Lipinski definition) is 1. The highest BCUT2D eigenvalue weighted by Crippen LogP contribution is 2.29. The molecule has 0 fully saturated rings. The van der Waals surface area contributed by atoms with Crippen LogP contribution in [0.5, 0.6) is 0 Å². The summed E-state index contributed by atoms with van der Waals surface area (Å²) >= 11 is 0. The smallest absolute Gasteiger partial charge is 0.216 e. The second-order valence-electron chi connectivity index (χ2n) is 5.58. The molecule has 1 unspecified atom stereocenters. The van der Waals surface area contributed by atoms with E-state index in [9.17, 15) is 4.39 Å². The van der Waals surface area contributed by atoms with E-state index in [1.54, 1.807) is 6.20 Å². The highest BCUT2D eigenvalue weighted by atomic mass is 19.1. The molecule has 1 nitrogen and oxygen atoms in total. The van der Waals surface area contributed by atoms with Crippen LogP contribution in [0.15, 0.2) is 12.3 Å². The number of nitrogens with zero attached hydrogens (tertiary/aromatic N) is 1. The van der Waals surface area contributed by atoms with E-state index in [-0.39, 0.29) is 5.95 Å². The largest absolute Gasteiger partial charge is 0.228 e. The second kappa shape index (κ2) is 9.06. The van der Waals surface area contributed by atoms with Crippen molar-refractivity contribution in [2.24, 2.45) is 0 Å². The number of rotatable bonds is 9. The van der Waals surface area contributed by atoms with E-state index in [0.717, 1.165) is 24.0 Å². The summed E-state index contributed by atoms with van der Waals surface area (Å²) in [5.41, 5.74) is 1.90. The van der Waals surface area contributed by atoms with Gasteiger partial charge in [-0.2, -0.15) is 4.39 Å². The Balaban J connectivity index is 2.68. The van der Waals surface area contributed by atoms with Gasteiger partial charge in [0.2, 0.25) is 5.95 Å². The predicted octanol–water partition coefficient (Wildman–Crippen LogP) is 5.77. The Morgan fingerprint density at radius 1 is 1.05 bits per heavy atom. The summed E-state index contributed by atoms with van der Waals surface area (Å²) in [6.45, 7) is 6.40. The van der Waals surface area contributed by atoms with Crippen molar-refractivity contribution in [2.45, 2.75) is 78.1 Å². The van der Waals surface area contributed by atoms with Crippen LogP contribution in [0.3, 0.4) is 0 Å². The Morgan fingerprint density at radius 2 is 1.74 bits per heavy atom. The molecule has 108 valence electrons. The molecule has 0 saturated carbocycles. The first-order valence-electron chi connectivity index (χ1n) is 7.81. The average molecular weight is 265 g/mol. The summed E-state index contributed by atoms with van der Waals surface area (Å²) in [6, 6.07) is 1.99. The maximum absolute atomic E-state index is 13.9. The van der Waals surface area contributed by atoms with Crippen molar-refractivity contribution >= 4 is 0 Å². The normalized spacial score (nSPS) is 12.6. The van der Waals surface area contributed by atoms with Crippen molar-refractivity contribution < 1.29 is 4.39 Å². The van der Waals surface area contributed by atoms with E-state index < -0.39 is 0 Å². The lowest BCUT2D eigenvalue weighted by atomic mass is 9.89. The standard InChI is InChI=1S/C17H28FN/c1-4-6-8-9-11-15(10-7-5-2)16-12-14(3)13-19-17(16)18/h12-13,15H,4-11H2,1-3H3. The highest BCUT2D eigenvalue weighted by Gasteiger charge is 2.16. The molecule has 0 radical (unpaired) electrons. The summed E-state index contributed by atoms with van der Waals surface area (Å²) in [7, 11) is 0. The molecule has 0 amide bonds. The molecule has 1 rings (SSSR count). The zero-order valence-corrected chi connectivity index (χ0v) is 12.7. The molecule has 1 aromatic rings. The molecular weight excluding hydrogens is 237 g/mol. The molecule has 1 aromatic heterocycles. The van der Waals surface area contributed by atoms with Crippen molar-refractivity contribution in [1.29, 1.82) is 0 Å². The lowest BCUT2D eigenvalue weighted by Crippen LogP contribution is -2.04. The number of halogens is 1. The van der Waals surface area contributed by atoms with Gasteiger partial charge in [0.05, 0.1) is 0 Å². The SMILES string of the molecule is CCCCCCC(CCCC)c1cc(C)cnc1F. The van der Waals surface area contributed by atoms with Gasteiger partial charge in [-0.05, 0) is 37.3 Å². The van der Waals surface area contributed by atoms with Crippen LogP contribution < -0.4 is 0 Å². The van der Waals surface area contributed by atoms with Gasteiger partial charge in [-0.3, -0.25) is 0 Å². The van der Waals surface area contributed by atoms with Crippen molar-refractivity contribution in [3.63, 3.8) is 0 Å². The fraction of sp³-hybridized carbons (Fsp3) is 0.706. The van der Waals surface area contributed by atoms with Crippen LogP contribution in [-0.4, -0.2) is 4.98 Å². The molecule has 19 heavy (non-hydrogen) atoms. The minimum Gasteiger partial charge on any atom is -0.228 e. The lowest BCUT2D eigenvalue weighted by Gasteiger charge is -2.18. The van der Waals surface area contributed by atoms with Gasteiger partial charge in [-0.15, -0.1) is 0 Å². The minimum atomic E-state index is -0.262. The monoisotopic (exact) mass is 265 g/mol. The van der Waals surface area contributed by atoms with Crippen molar-refractivity contribution in [3.05, 3.63) is 29.3 Å². The number of unbranched alkanes of at least 4 members (excludes halogenated alkanes) is 4. The molecule has 2 heteroatoms. The fourth-order valence-corrected chi connectivity index (χ4v) is 2.58. The number of aryl methyl sites for hydroxylation is 1. The Kier molecular flexibility index (Phi) is 7.69. The van der Waals surface area contributed by atoms with Gasteiger partial charge in [-0.1, -0.05) is 52.4 Å². The number of aromatic nitrogens is 1. The Morgan fingerprint density at radius 3 is 2.42 bits per heavy atom. The zero-order valence-electron chi connectivity index (χ0n) is 12.7. The molecule has 1 heterocycles. The Hall–Kier alpha value is -0.920. The van der Waals surface area contributed by atoms with Crippen molar-refractivity contribution in [3.8, 4) is 0 Å². The van der Waals surface area contributed by atoms with E-state index >= 15 is 0 Å². The van der Waals surface area contributed by atoms with Gasteiger partial charge in [0.15, 0.2) is 0 Å². The summed E-state index contributed by atoms with van der Waals surface area (Å²) < 4.78 is 13.9. The van der Waals surface area contributed by atoms with Crippen LogP contribution in [0.25, 0.3) is 0 Å². The molecule has 0 bridgehead atoms. The molecule has 0 spiro atoms. The summed E-state index contributed by atoms with van der Waals surface area (Å²) in [5.74, 6) is 0.0893.